The highest BCUT2D eigenvalue weighted by molar-refractivity contribution is 7.90. The third-order valence-corrected chi connectivity index (χ3v) is 8.29. The first-order valence-corrected chi connectivity index (χ1v) is 12.2. The summed E-state index contributed by atoms with van der Waals surface area (Å²) in [6.45, 7) is 8.05. The lowest BCUT2D eigenvalue weighted by Crippen LogP contribution is -2.43. The van der Waals surface area contributed by atoms with Gasteiger partial charge in [0.15, 0.2) is 0 Å². The Kier molecular flexibility index (Phi) is 6.11. The molecule has 1 aromatic carbocycles. The molecule has 2 aliphatic rings. The Bertz CT molecular complexity index is 1050. The molecule has 30 heavy (non-hydrogen) atoms. The topological polar surface area (TPSA) is 74.3 Å². The van der Waals surface area contributed by atoms with Gasteiger partial charge in [-0.25, -0.2) is 12.7 Å². The molecule has 0 bridgehead atoms. The summed E-state index contributed by atoms with van der Waals surface area (Å²) in [5, 5.41) is 8.98. The molecule has 2 N–H and O–H groups in total. The van der Waals surface area contributed by atoms with Crippen molar-refractivity contribution in [2.75, 3.05) is 25.0 Å². The van der Waals surface area contributed by atoms with Crippen LogP contribution in [-0.2, 0) is 10.0 Å². The van der Waals surface area contributed by atoms with E-state index in [0.717, 1.165) is 59.8 Å². The van der Waals surface area contributed by atoms with E-state index >= 15 is 0 Å². The zero-order chi connectivity index (χ0) is 21.1. The Labute approximate surface area is 179 Å². The molecule has 2 fully saturated rings. The van der Waals surface area contributed by atoms with E-state index in [4.69, 9.17) is 0 Å². The minimum Gasteiger partial charge on any atom is -0.391 e. The molecule has 7 heteroatoms. The predicted molar refractivity (Wildman–Crippen MR) is 124 cm³/mol. The van der Waals surface area contributed by atoms with Crippen LogP contribution in [0.15, 0.2) is 49.4 Å². The van der Waals surface area contributed by atoms with Crippen LogP contribution in [0.25, 0.3) is 16.3 Å². The maximum atomic E-state index is 12.5. The first-order valence-electron chi connectivity index (χ1n) is 10.7. The van der Waals surface area contributed by atoms with Crippen molar-refractivity contribution >= 4 is 32.1 Å². The fraction of sp³-hybridized carbons (Fsp3) is 0.435. The van der Waals surface area contributed by atoms with Crippen molar-refractivity contribution in [3.05, 3.63) is 55.0 Å². The second-order valence-electron chi connectivity index (χ2n) is 8.04. The largest absolute Gasteiger partial charge is 0.391 e. The molecule has 6 nitrogen and oxygen atoms in total. The normalized spacial score (nSPS) is 19.0. The second kappa shape index (κ2) is 8.78. The summed E-state index contributed by atoms with van der Waals surface area (Å²) >= 11 is 0. The van der Waals surface area contributed by atoms with Crippen molar-refractivity contribution in [1.29, 1.82) is 0 Å². The molecular formula is C23H30N4O2S. The number of anilines is 1. The molecule has 2 aromatic rings. The molecule has 1 saturated heterocycles. The Morgan fingerprint density at radius 3 is 2.70 bits per heavy atom. The Hall–Kier alpha value is -2.38. The molecule has 1 aliphatic heterocycles. The van der Waals surface area contributed by atoms with Gasteiger partial charge in [-0.2, -0.15) is 0 Å². The van der Waals surface area contributed by atoms with Gasteiger partial charge in [-0.1, -0.05) is 12.7 Å². The smallest absolute Gasteiger partial charge is 0.216 e. The predicted octanol–water partition coefficient (Wildman–Crippen LogP) is 3.74. The van der Waals surface area contributed by atoms with E-state index in [1.54, 1.807) is 10.5 Å². The number of benzene rings is 1. The Balaban J connectivity index is 1.55. The van der Waals surface area contributed by atoms with Gasteiger partial charge in [0, 0.05) is 55.3 Å². The summed E-state index contributed by atoms with van der Waals surface area (Å²) in [7, 11) is -3.08. The average Bonchev–Trinajstić information content (AvgIpc) is 3.61. The molecule has 1 saturated carbocycles. The van der Waals surface area contributed by atoms with Gasteiger partial charge >= 0.3 is 0 Å². The SMILES string of the molecule is C=C/C(=C\NCC)c1cc(NC2CCN(S(=O)(=O)C3CC3)CC2)c2cnccc2c1. The Morgan fingerprint density at radius 2 is 2.03 bits per heavy atom. The van der Waals surface area contributed by atoms with Crippen LogP contribution in [0.5, 0.6) is 0 Å². The number of piperidine rings is 1. The fourth-order valence-electron chi connectivity index (χ4n) is 4.01. The van der Waals surface area contributed by atoms with Crippen molar-refractivity contribution in [3.63, 3.8) is 0 Å². The van der Waals surface area contributed by atoms with Crippen LogP contribution in [0.1, 0.15) is 38.2 Å². The molecule has 0 amide bonds. The lowest BCUT2D eigenvalue weighted by atomic mass is 9.99. The fourth-order valence-corrected chi connectivity index (χ4v) is 5.88. The number of sulfonamides is 1. The van der Waals surface area contributed by atoms with E-state index in [2.05, 4.69) is 41.3 Å². The van der Waals surface area contributed by atoms with Gasteiger partial charge in [0.25, 0.3) is 0 Å². The maximum Gasteiger partial charge on any atom is 0.216 e. The minimum absolute atomic E-state index is 0.130. The summed E-state index contributed by atoms with van der Waals surface area (Å²) < 4.78 is 26.7. The van der Waals surface area contributed by atoms with Crippen LogP contribution in [0.2, 0.25) is 0 Å². The first kappa shape index (κ1) is 20.9. The third-order valence-electron chi connectivity index (χ3n) is 5.89. The van der Waals surface area contributed by atoms with Crippen LogP contribution in [0.4, 0.5) is 5.69 Å². The Morgan fingerprint density at radius 1 is 1.27 bits per heavy atom. The van der Waals surface area contributed by atoms with Crippen LogP contribution < -0.4 is 10.6 Å². The average molecular weight is 427 g/mol. The molecule has 4 rings (SSSR count). The standard InChI is InChI=1S/C23H30N4O2S/c1-3-17(15-24-4-2)19-13-18-7-10-25-16-22(18)23(14-19)26-20-8-11-27(12-9-20)30(28,29)21-5-6-21/h3,7,10,13-16,20-21,24,26H,1,4-6,8-9,11-12H2,2H3/b17-15+. The monoisotopic (exact) mass is 426 g/mol. The number of rotatable bonds is 8. The van der Waals surface area contributed by atoms with E-state index < -0.39 is 10.0 Å². The molecule has 0 spiro atoms. The van der Waals surface area contributed by atoms with Gasteiger partial charge in [0.2, 0.25) is 10.0 Å². The third kappa shape index (κ3) is 4.37. The van der Waals surface area contributed by atoms with Crippen molar-refractivity contribution in [3.8, 4) is 0 Å². The van der Waals surface area contributed by atoms with Gasteiger partial charge in [-0.15, -0.1) is 0 Å². The van der Waals surface area contributed by atoms with E-state index in [9.17, 15) is 8.42 Å². The van der Waals surface area contributed by atoms with E-state index in [1.807, 2.05) is 24.5 Å². The molecule has 1 aliphatic carbocycles. The molecule has 0 atom stereocenters. The lowest BCUT2D eigenvalue weighted by molar-refractivity contribution is 0.329. The van der Waals surface area contributed by atoms with Gasteiger partial charge in [0.1, 0.15) is 0 Å². The number of nitrogens with one attached hydrogen (secondary N) is 2. The quantitative estimate of drug-likeness (QED) is 0.629. The molecule has 160 valence electrons. The van der Waals surface area contributed by atoms with Gasteiger partial charge in [-0.3, -0.25) is 4.98 Å². The zero-order valence-electron chi connectivity index (χ0n) is 17.5. The van der Waals surface area contributed by atoms with Crippen LogP contribution >= 0.6 is 0 Å². The highest BCUT2D eigenvalue weighted by Crippen LogP contribution is 2.34. The van der Waals surface area contributed by atoms with E-state index in [1.165, 1.54) is 0 Å². The van der Waals surface area contributed by atoms with Crippen molar-refractivity contribution in [2.45, 2.75) is 43.9 Å². The van der Waals surface area contributed by atoms with Crippen LogP contribution in [0.3, 0.4) is 0 Å². The number of fused-ring (bicyclic) bond motifs is 1. The number of nitrogens with zero attached hydrogens (tertiary/aromatic N) is 2. The molecule has 0 unspecified atom stereocenters. The van der Waals surface area contributed by atoms with Crippen LogP contribution in [0, 0.1) is 0 Å². The number of aromatic nitrogens is 1. The number of hydrogen-bond acceptors (Lipinski definition) is 5. The van der Waals surface area contributed by atoms with Crippen molar-refractivity contribution in [1.82, 2.24) is 14.6 Å². The van der Waals surface area contributed by atoms with Gasteiger partial charge in [0.05, 0.1) is 5.25 Å². The highest BCUT2D eigenvalue weighted by atomic mass is 32.2. The maximum absolute atomic E-state index is 12.5. The van der Waals surface area contributed by atoms with E-state index in [-0.39, 0.29) is 11.3 Å². The summed E-state index contributed by atoms with van der Waals surface area (Å²) in [6, 6.07) is 6.54. The molecule has 2 heterocycles. The van der Waals surface area contributed by atoms with E-state index in [0.29, 0.717) is 13.1 Å². The lowest BCUT2D eigenvalue weighted by Gasteiger charge is -2.32. The summed E-state index contributed by atoms with van der Waals surface area (Å²) in [5.41, 5.74) is 3.15. The van der Waals surface area contributed by atoms with Gasteiger partial charge in [-0.05, 0) is 67.3 Å². The molecule has 1 aromatic heterocycles. The first-order chi connectivity index (χ1) is 14.5. The van der Waals surface area contributed by atoms with Crippen molar-refractivity contribution < 1.29 is 8.42 Å². The summed E-state index contributed by atoms with van der Waals surface area (Å²) in [5.74, 6) is 0. The summed E-state index contributed by atoms with van der Waals surface area (Å²) in [4.78, 5) is 4.31. The molecule has 0 radical (unpaired) electrons. The number of allylic oxidation sites excluding steroid dienone is 2. The van der Waals surface area contributed by atoms with Crippen LogP contribution in [-0.4, -0.2) is 48.6 Å². The van der Waals surface area contributed by atoms with Gasteiger partial charge < -0.3 is 10.6 Å². The van der Waals surface area contributed by atoms with Crippen molar-refractivity contribution in [2.24, 2.45) is 0 Å². The minimum atomic E-state index is -3.08. The number of pyridine rings is 1. The second-order valence-corrected chi connectivity index (χ2v) is 10.3. The number of hydrogen-bond donors (Lipinski definition) is 2. The summed E-state index contributed by atoms with van der Waals surface area (Å²) in [6.07, 6.45) is 10.8. The zero-order valence-corrected chi connectivity index (χ0v) is 18.3. The molecular weight excluding hydrogens is 396 g/mol. The highest BCUT2D eigenvalue weighted by Gasteiger charge is 2.41.